The van der Waals surface area contributed by atoms with Crippen LogP contribution in [-0.4, -0.2) is 142 Å². The van der Waals surface area contributed by atoms with Crippen molar-refractivity contribution < 1.29 is 134 Å². The van der Waals surface area contributed by atoms with E-state index in [4.69, 9.17) is 54.3 Å². The zero-order valence-electron chi connectivity index (χ0n) is 92.3. The van der Waals surface area contributed by atoms with Crippen molar-refractivity contribution in [2.75, 3.05) is 119 Å². The summed E-state index contributed by atoms with van der Waals surface area (Å²) in [7, 11) is 55.5. The number of rotatable bonds is 2. The van der Waals surface area contributed by atoms with Crippen molar-refractivity contribution in [1.82, 2.24) is 4.84 Å². The van der Waals surface area contributed by atoms with Gasteiger partial charge in [-0.05, 0) is 220 Å². The number of fused-ring (bicyclic) bond motifs is 8. The number of nitrogens with one attached hydrogen (secondary N) is 1. The van der Waals surface area contributed by atoms with Gasteiger partial charge in [-0.25, -0.2) is 4.84 Å². The predicted molar refractivity (Wildman–Crippen MR) is 758 cm³/mol. The summed E-state index contributed by atoms with van der Waals surface area (Å²) >= 11 is 52.2. The molecule has 5 aromatic carbocycles. The maximum Gasteiger partial charge on any atom is 4.00 e. The standard InChI is InChI=1S/3C8H6BrP.3C7H9BrS.2C7H5BrS.2C7H7.C4H10.C3H9BrSi.C2H6ClN.8C2H6N.3CH4.7CH3.3BrH.5ClH.6Zr.H/c3*9-7-2-1-3-8-6(7)4-5-10-8;5*8-6-4-9-7-3-1-2-5(6)7;2*1-7-5-3-2-4-6-7;1-3-4-2;1-5(2,3)4;1-2-4-3;8*1-3-2;;;;;;;;;;;;;;;;;;;;;;;;;/h3*1-5,10H;3*4-5,7H,1-3H2;2*1,3-4H,2H2;2*2-6H,1H2;3-4H2,1-2H3;1-3H3;4H,2H2,1H3;8*1-2H3;3*1H4;7*1H3;8*1H;;;;;;;/q;;;;;;;;2*-1;;;;8*-1;;;;7*-1;;;;;;;;;2*+3;4*+4;-1/p-8. The monoisotopic (exact) mass is 3580 g/mol. The van der Waals surface area contributed by atoms with Gasteiger partial charge in [-0.2, -0.15) is 162 Å². The van der Waals surface area contributed by atoms with Gasteiger partial charge >= 0.3 is 212 Å². The van der Waals surface area contributed by atoms with E-state index in [0.717, 1.165) is 88.6 Å². The largest absolute Gasteiger partial charge is 4.00 e. The molecule has 9 nitrogen and oxygen atoms in total. The van der Waals surface area contributed by atoms with E-state index < -0.39 is 60.4 Å². The predicted octanol–water partition coefficient (Wildman–Crippen LogP) is 51.1. The molecule has 8 aliphatic rings. The van der Waals surface area contributed by atoms with Crippen LogP contribution in [0.25, 0.3) is 86.2 Å². The molecule has 18 rings (SSSR count). The molecule has 0 bridgehead atoms. The first kappa shape index (κ1) is 201. The van der Waals surface area contributed by atoms with Crippen LogP contribution < -0.4 is 4.84 Å². The van der Waals surface area contributed by atoms with Crippen molar-refractivity contribution in [1.29, 1.82) is 0 Å². The number of hydrogen-bond donors (Lipinski definition) is 1. The van der Waals surface area contributed by atoms with E-state index in [9.17, 15) is 0 Å². The molecular weight excluding hydrogens is 3420 g/mol. The van der Waals surface area contributed by atoms with Gasteiger partial charge in [0.2, 0.25) is 0 Å². The number of allylic oxidation sites excluding steroid dienone is 5. The Balaban J connectivity index is -0.0000000665. The molecule has 3 aliphatic heterocycles. The van der Waals surface area contributed by atoms with Gasteiger partial charge in [0.15, 0.2) is 0 Å². The number of benzene rings is 5. The maximum absolute atomic E-state index is 5.00. The summed E-state index contributed by atoms with van der Waals surface area (Å²) in [6, 6.07) is 45.3. The van der Waals surface area contributed by atoms with Crippen LogP contribution >= 0.6 is 316 Å². The molecule has 1 N–H and O–H groups in total. The fourth-order valence-electron chi connectivity index (χ4n) is 11.0. The summed E-state index contributed by atoms with van der Waals surface area (Å²) < 4.78 is 10.5. The van der Waals surface area contributed by atoms with Crippen LogP contribution in [-0.2, 0) is 145 Å². The third-order valence-electron chi connectivity index (χ3n) is 16.4. The zero-order valence-corrected chi connectivity index (χ0v) is 138. The van der Waals surface area contributed by atoms with E-state index in [1.54, 1.807) is 135 Å². The molecule has 0 amide bonds. The topological polar surface area (TPSA) is 125 Å². The molecule has 42 heteroatoms. The molecule has 5 aromatic heterocycles. The molecule has 5 aliphatic carbocycles. The molecule has 9 atom stereocenters. The number of thiophene rings is 2. The van der Waals surface area contributed by atoms with E-state index in [0.29, 0.717) is 0 Å². The minimum absolute atomic E-state index is 0. The molecule has 150 heavy (non-hydrogen) atoms. The molecule has 856 valence electrons. The number of hydrogen-bond acceptors (Lipinski definition) is 6. The number of thioether (sulfide) groups is 3. The first-order valence-corrected chi connectivity index (χ1v) is 96.1. The van der Waals surface area contributed by atoms with Crippen LogP contribution in [0.1, 0.15) is 147 Å². The van der Waals surface area contributed by atoms with E-state index in [2.05, 4.69) is 416 Å². The van der Waals surface area contributed by atoms with E-state index >= 15 is 0 Å². The molecule has 0 radical (unpaired) electrons. The minimum Gasteiger partial charge on any atom is -1.00 e. The molecule has 3 saturated carbocycles. The average molecular weight is 3600 g/mol. The molecule has 0 saturated heterocycles. The van der Waals surface area contributed by atoms with E-state index in [1.807, 2.05) is 103 Å². The Bertz CT molecular complexity index is 4190. The summed E-state index contributed by atoms with van der Waals surface area (Å²) in [5, 5.41) is 50.3. The van der Waals surface area contributed by atoms with Crippen molar-refractivity contribution in [3.05, 3.63) is 366 Å². The Morgan fingerprint density at radius 2 is 0.607 bits per heavy atom. The third-order valence-corrected chi connectivity index (χ3v) is 33.2. The van der Waals surface area contributed by atoms with Crippen LogP contribution in [0.2, 0.25) is 19.6 Å². The summed E-state index contributed by atoms with van der Waals surface area (Å²) in [5.74, 6) is 9.31. The van der Waals surface area contributed by atoms with Gasteiger partial charge in [-0.1, -0.05) is 251 Å². The van der Waals surface area contributed by atoms with Crippen LogP contribution in [0.4, 0.5) is 0 Å². The smallest absolute Gasteiger partial charge is 1.00 e. The summed E-state index contributed by atoms with van der Waals surface area (Å²) in [6.45, 7) is 20.5. The number of halogens is 18. The van der Waals surface area contributed by atoms with Gasteiger partial charge in [0.05, 0.1) is 0 Å². The summed E-state index contributed by atoms with van der Waals surface area (Å²) in [6.07, 6.45) is 26.5. The SMILES string of the molecule is BrC1=CSC2CCCC12.BrC1=CSC2CCCC12.BrC1=CSC2CCCC12.Brc1cccc2[pH]ccc12.Brc1cccc2[pH]ccc12.Brc1cccc2[pH]ccc12.Brc1csc2c1CC=C2.Brc1csc2c1CC=C2.C.C.C.CCCC.CCNCl.C[N-]C.C[N-]C.C[N-]C.C[N-]C.C[N-]C.C[N-]C.C[N-]C.C[N-]C.C[Si](C)(C)Br.[Br][Zr]([Br])[Br].[CH2-]c1ccccc1.[CH2-]c1ccccc1.[CH3-].[CH3-].[CH3-].[CH3-].[CH3-].[CH3-].[CH3-].[Cl][Zr+2][Cl].[Cl][Zr]([Cl])[Cl].[H-].[Zr+4].[Zr+4].[Zr+4]. The van der Waals surface area contributed by atoms with Crippen LogP contribution in [0.5, 0.6) is 0 Å². The van der Waals surface area contributed by atoms with Gasteiger partial charge in [0.25, 0.3) is 0 Å². The zero-order chi connectivity index (χ0) is 105. The summed E-state index contributed by atoms with van der Waals surface area (Å²) in [5.41, 5.74) is 5.06. The second-order valence-corrected chi connectivity index (χ2v) is 105. The molecule has 10 aromatic rings. The molecule has 0 spiro atoms. The fourth-order valence-corrected chi connectivity index (χ4v) is 26.3. The summed E-state index contributed by atoms with van der Waals surface area (Å²) in [4.78, 5) is 5.24. The van der Waals surface area contributed by atoms with Gasteiger partial charge < -0.3 is 95.9 Å². The number of nitrogens with zero attached hydrogens (tertiary/aromatic N) is 8. The Kier molecular flexibility index (Phi) is 190. The van der Waals surface area contributed by atoms with Crippen molar-refractivity contribution in [3.8, 4) is 0 Å². The Morgan fingerprint density at radius 3 is 0.767 bits per heavy atom. The average Bonchev–Trinajstić information content (AvgIpc) is 1.69. The molecule has 3 fully saturated rings. The quantitative estimate of drug-likeness (QED) is 0.0801. The Labute approximate surface area is 1150 Å². The normalized spacial score (nSPS) is 14.3. The van der Waals surface area contributed by atoms with Crippen molar-refractivity contribution in [2.24, 2.45) is 17.8 Å². The van der Waals surface area contributed by atoms with Crippen LogP contribution in [0.3, 0.4) is 0 Å². The molecule has 9 unspecified atom stereocenters. The van der Waals surface area contributed by atoms with E-state index in [-0.39, 0.29) is 154 Å². The first-order valence-electron chi connectivity index (χ1n) is 43.1. The maximum atomic E-state index is 5.00. The second kappa shape index (κ2) is 142. The van der Waals surface area contributed by atoms with Crippen LogP contribution in [0, 0.1) is 83.6 Å². The first-order chi connectivity index (χ1) is 65.3. The van der Waals surface area contributed by atoms with Crippen molar-refractivity contribution in [3.63, 3.8) is 0 Å². The van der Waals surface area contributed by atoms with E-state index in [1.165, 1.54) is 159 Å². The molecule has 8 heterocycles. The van der Waals surface area contributed by atoms with Crippen LogP contribution in [0.15, 0.2) is 226 Å². The number of unbranched alkanes of at least 4 members (excludes halogenated alkanes) is 1. The van der Waals surface area contributed by atoms with Gasteiger partial charge in [-0.15, -0.1) is 122 Å². The third kappa shape index (κ3) is 114. The van der Waals surface area contributed by atoms with Gasteiger partial charge in [0.1, 0.15) is 6.69 Å². The Hall–Kier alpha value is 7.77. The van der Waals surface area contributed by atoms with Crippen molar-refractivity contribution in [2.45, 2.75) is 162 Å². The van der Waals surface area contributed by atoms with Gasteiger partial charge in [-0.3, -0.25) is 0 Å². The van der Waals surface area contributed by atoms with Gasteiger partial charge in [0, 0.05) is 96.4 Å². The Morgan fingerprint density at radius 1 is 0.400 bits per heavy atom. The molecular formula is C108H176Br12Cl6N9P3S5SiZr6-4. The fraction of sp³-hybridized carbons (Fsp3) is 0.417. The van der Waals surface area contributed by atoms with Crippen molar-refractivity contribution >= 4 is 367 Å². The minimum atomic E-state index is -2.13. The second-order valence-electron chi connectivity index (χ2n) is 29.3.